The zero-order chi connectivity index (χ0) is 20.8. The second-order valence-electron chi connectivity index (χ2n) is 7.20. The molecular weight excluding hydrogens is 376 g/mol. The van der Waals surface area contributed by atoms with E-state index in [-0.39, 0.29) is 0 Å². The number of rotatable bonds is 5. The summed E-state index contributed by atoms with van der Waals surface area (Å²) in [5.41, 5.74) is 3.41. The molecule has 1 N–H and O–H groups in total. The highest BCUT2D eigenvalue weighted by Gasteiger charge is 2.20. The first kappa shape index (κ1) is 19.8. The Morgan fingerprint density at radius 2 is 1.73 bits per heavy atom. The molecule has 1 aliphatic rings. The quantitative estimate of drug-likeness (QED) is 0.524. The molecule has 30 heavy (non-hydrogen) atoms. The van der Waals surface area contributed by atoms with Gasteiger partial charge in [0.05, 0.1) is 19.0 Å². The topological polar surface area (TPSA) is 57.9 Å². The van der Waals surface area contributed by atoms with Crippen molar-refractivity contribution < 1.29 is 4.74 Å². The minimum Gasteiger partial charge on any atom is -0.497 e. The Balaban J connectivity index is 1.30. The maximum absolute atomic E-state index is 5.25. The number of guanidine groups is 1. The Labute approximate surface area is 177 Å². The molecule has 0 aliphatic carbocycles. The van der Waals surface area contributed by atoms with Crippen molar-refractivity contribution in [3.8, 4) is 11.4 Å². The summed E-state index contributed by atoms with van der Waals surface area (Å²) >= 11 is 0. The van der Waals surface area contributed by atoms with Crippen molar-refractivity contribution in [2.75, 3.05) is 45.2 Å². The molecule has 0 amide bonds. The molecule has 2 heterocycles. The van der Waals surface area contributed by atoms with E-state index < -0.39 is 0 Å². The molecular formula is C23H28N6O. The number of para-hydroxylation sites is 1. The lowest BCUT2D eigenvalue weighted by molar-refractivity contribution is 0.372. The highest BCUT2D eigenvalue weighted by Crippen LogP contribution is 2.20. The summed E-state index contributed by atoms with van der Waals surface area (Å²) < 4.78 is 7.15. The van der Waals surface area contributed by atoms with Crippen LogP contribution >= 0.6 is 0 Å². The Morgan fingerprint density at radius 3 is 2.40 bits per heavy atom. The SMILES string of the molecule is CN=C(NCc1cnn(-c2ccccc2)c1)N1CCN(c2ccc(OC)cc2)CC1. The molecule has 3 aromatic rings. The number of nitrogens with zero attached hydrogens (tertiary/aromatic N) is 5. The zero-order valence-electron chi connectivity index (χ0n) is 17.5. The number of nitrogens with one attached hydrogen (secondary N) is 1. The summed E-state index contributed by atoms with van der Waals surface area (Å²) in [4.78, 5) is 9.18. The van der Waals surface area contributed by atoms with Crippen molar-refractivity contribution in [1.29, 1.82) is 0 Å². The number of hydrogen-bond donors (Lipinski definition) is 1. The van der Waals surface area contributed by atoms with Crippen LogP contribution in [0.4, 0.5) is 5.69 Å². The summed E-state index contributed by atoms with van der Waals surface area (Å²) in [6.07, 6.45) is 3.95. The van der Waals surface area contributed by atoms with Crippen LogP contribution in [0.2, 0.25) is 0 Å². The molecule has 0 unspecified atom stereocenters. The van der Waals surface area contributed by atoms with Crippen LogP contribution in [0.3, 0.4) is 0 Å². The Bertz CT molecular complexity index is 959. The Hall–Kier alpha value is -3.48. The molecule has 156 valence electrons. The fourth-order valence-electron chi connectivity index (χ4n) is 3.66. The van der Waals surface area contributed by atoms with Crippen molar-refractivity contribution in [2.45, 2.75) is 6.54 Å². The van der Waals surface area contributed by atoms with Crippen LogP contribution in [-0.4, -0.2) is 61.0 Å². The average Bonchev–Trinajstić information content (AvgIpc) is 3.30. The second-order valence-corrected chi connectivity index (χ2v) is 7.20. The second kappa shape index (κ2) is 9.35. The van der Waals surface area contributed by atoms with Crippen LogP contribution in [0.25, 0.3) is 5.69 Å². The third-order valence-electron chi connectivity index (χ3n) is 5.34. The lowest BCUT2D eigenvalue weighted by Gasteiger charge is -2.37. The number of aromatic nitrogens is 2. The summed E-state index contributed by atoms with van der Waals surface area (Å²) in [6.45, 7) is 4.46. The van der Waals surface area contributed by atoms with Crippen molar-refractivity contribution in [2.24, 2.45) is 4.99 Å². The van der Waals surface area contributed by atoms with Crippen molar-refractivity contribution in [3.63, 3.8) is 0 Å². The van der Waals surface area contributed by atoms with E-state index in [1.54, 1.807) is 7.11 Å². The van der Waals surface area contributed by atoms with Crippen molar-refractivity contribution in [1.82, 2.24) is 20.0 Å². The predicted molar refractivity (Wildman–Crippen MR) is 121 cm³/mol. The summed E-state index contributed by atoms with van der Waals surface area (Å²) in [7, 11) is 3.53. The summed E-state index contributed by atoms with van der Waals surface area (Å²) in [6, 6.07) is 18.4. The largest absolute Gasteiger partial charge is 0.497 e. The lowest BCUT2D eigenvalue weighted by atomic mass is 10.2. The van der Waals surface area contributed by atoms with Gasteiger partial charge < -0.3 is 19.9 Å². The first-order valence-corrected chi connectivity index (χ1v) is 10.2. The minimum atomic E-state index is 0.693. The van der Waals surface area contributed by atoms with Gasteiger partial charge in [-0.1, -0.05) is 18.2 Å². The van der Waals surface area contributed by atoms with E-state index in [1.807, 2.05) is 60.4 Å². The molecule has 1 fully saturated rings. The third-order valence-corrected chi connectivity index (χ3v) is 5.34. The molecule has 1 aromatic heterocycles. The van der Waals surface area contributed by atoms with Gasteiger partial charge in [0.1, 0.15) is 5.75 Å². The number of methoxy groups -OCH3 is 1. The van der Waals surface area contributed by atoms with Gasteiger partial charge in [0.2, 0.25) is 0 Å². The van der Waals surface area contributed by atoms with Gasteiger partial charge >= 0.3 is 0 Å². The first-order chi connectivity index (χ1) is 14.8. The smallest absolute Gasteiger partial charge is 0.194 e. The molecule has 1 aliphatic heterocycles. The highest BCUT2D eigenvalue weighted by molar-refractivity contribution is 5.80. The van der Waals surface area contributed by atoms with E-state index in [0.717, 1.165) is 49.1 Å². The molecule has 7 nitrogen and oxygen atoms in total. The normalized spacial score (nSPS) is 14.7. The van der Waals surface area contributed by atoms with Gasteiger partial charge in [-0.25, -0.2) is 4.68 Å². The molecule has 2 aromatic carbocycles. The maximum Gasteiger partial charge on any atom is 0.194 e. The van der Waals surface area contributed by atoms with Crippen LogP contribution in [0.5, 0.6) is 5.75 Å². The first-order valence-electron chi connectivity index (χ1n) is 10.2. The fourth-order valence-corrected chi connectivity index (χ4v) is 3.66. The molecule has 0 spiro atoms. The van der Waals surface area contributed by atoms with Crippen LogP contribution in [0.1, 0.15) is 5.56 Å². The van der Waals surface area contributed by atoms with Gasteiger partial charge in [0.15, 0.2) is 5.96 Å². The van der Waals surface area contributed by atoms with E-state index in [9.17, 15) is 0 Å². The molecule has 4 rings (SSSR count). The van der Waals surface area contributed by atoms with E-state index in [2.05, 4.69) is 43.5 Å². The minimum absolute atomic E-state index is 0.693. The van der Waals surface area contributed by atoms with E-state index >= 15 is 0 Å². The monoisotopic (exact) mass is 404 g/mol. The summed E-state index contributed by atoms with van der Waals surface area (Å²) in [5, 5.41) is 7.94. The van der Waals surface area contributed by atoms with Gasteiger partial charge in [-0.05, 0) is 36.4 Å². The van der Waals surface area contributed by atoms with E-state index in [4.69, 9.17) is 4.74 Å². The van der Waals surface area contributed by atoms with Gasteiger partial charge in [0, 0.05) is 57.2 Å². The van der Waals surface area contributed by atoms with Crippen LogP contribution in [0, 0.1) is 0 Å². The van der Waals surface area contributed by atoms with E-state index in [0.29, 0.717) is 6.54 Å². The number of hydrogen-bond acceptors (Lipinski definition) is 4. The number of piperazine rings is 1. The molecule has 0 atom stereocenters. The number of anilines is 1. The van der Waals surface area contributed by atoms with Crippen LogP contribution in [0.15, 0.2) is 72.0 Å². The van der Waals surface area contributed by atoms with Crippen LogP contribution in [-0.2, 0) is 6.54 Å². The number of aliphatic imine (C=N–C) groups is 1. The zero-order valence-corrected chi connectivity index (χ0v) is 17.5. The molecule has 0 bridgehead atoms. The van der Waals surface area contributed by atoms with Gasteiger partial charge in [-0.15, -0.1) is 0 Å². The van der Waals surface area contributed by atoms with Crippen molar-refractivity contribution in [3.05, 3.63) is 72.6 Å². The lowest BCUT2D eigenvalue weighted by Crippen LogP contribution is -2.52. The molecule has 1 saturated heterocycles. The molecule has 7 heteroatoms. The third kappa shape index (κ3) is 4.56. The maximum atomic E-state index is 5.25. The summed E-state index contributed by atoms with van der Waals surface area (Å²) in [5.74, 6) is 1.81. The molecule has 0 saturated carbocycles. The van der Waals surface area contributed by atoms with Gasteiger partial charge in [-0.2, -0.15) is 5.10 Å². The molecule has 0 radical (unpaired) electrons. The Morgan fingerprint density at radius 1 is 1.00 bits per heavy atom. The Kier molecular flexibility index (Phi) is 6.17. The predicted octanol–water partition coefficient (Wildman–Crippen LogP) is 2.78. The average molecular weight is 405 g/mol. The van der Waals surface area contributed by atoms with Crippen molar-refractivity contribution >= 4 is 11.6 Å². The fraction of sp³-hybridized carbons (Fsp3) is 0.304. The van der Waals surface area contributed by atoms with Crippen LogP contribution < -0.4 is 15.0 Å². The van der Waals surface area contributed by atoms with Gasteiger partial charge in [-0.3, -0.25) is 4.99 Å². The highest BCUT2D eigenvalue weighted by atomic mass is 16.5. The van der Waals surface area contributed by atoms with Gasteiger partial charge in [0.25, 0.3) is 0 Å². The standard InChI is InChI=1S/C23H28N6O/c1-24-23(25-16-19-17-26-29(18-19)21-6-4-3-5-7-21)28-14-12-27(13-15-28)20-8-10-22(30-2)11-9-20/h3-11,17-18H,12-16H2,1-2H3,(H,24,25). The van der Waals surface area contributed by atoms with E-state index in [1.165, 1.54) is 5.69 Å². The number of ether oxygens (including phenoxy) is 1. The number of benzene rings is 2.